The van der Waals surface area contributed by atoms with Gasteiger partial charge in [0.1, 0.15) is 11.9 Å². The summed E-state index contributed by atoms with van der Waals surface area (Å²) in [6.45, 7) is 2.84. The number of nitrogens with zero attached hydrogens (tertiary/aromatic N) is 1. The Kier molecular flexibility index (Phi) is 9.57. The smallest absolute Gasteiger partial charge is 0.252 e. The Morgan fingerprint density at radius 2 is 1.84 bits per heavy atom. The molecule has 0 saturated carbocycles. The van der Waals surface area contributed by atoms with Crippen molar-refractivity contribution in [1.82, 2.24) is 5.32 Å². The van der Waals surface area contributed by atoms with E-state index in [0.29, 0.717) is 49.1 Å². The van der Waals surface area contributed by atoms with Crippen LogP contribution in [0.4, 0.5) is 0 Å². The summed E-state index contributed by atoms with van der Waals surface area (Å²) in [6, 6.07) is 25.0. The quantitative estimate of drug-likeness (QED) is 0.303. The molecule has 2 N–H and O–H groups in total. The van der Waals surface area contributed by atoms with Gasteiger partial charge in [0.05, 0.1) is 6.61 Å². The standard InChI is InChI=1S/C31H33ClN2O4/c1-23-31(19-7-11-24-9-3-2-4-10-24,30(36)33-20-18-25-12-5-6-13-28(25)32)34-29(38-23)26-14-16-27(17-15-26)37-22-8-21-35/h2-7,9-17,23,35H,8,18-22H2,1H3,(H,33,36)/b11-7+/t23-,31-/m1/s1. The van der Waals surface area contributed by atoms with E-state index in [1.807, 2.05) is 97.9 Å². The Bertz CT molecular complexity index is 1260. The van der Waals surface area contributed by atoms with Crippen LogP contribution in [-0.4, -0.2) is 48.3 Å². The van der Waals surface area contributed by atoms with Gasteiger partial charge >= 0.3 is 0 Å². The highest BCUT2D eigenvalue weighted by atomic mass is 35.5. The normalized spacial score (nSPS) is 18.7. The molecule has 1 aliphatic heterocycles. The molecule has 0 fully saturated rings. The minimum Gasteiger partial charge on any atom is -0.494 e. The van der Waals surface area contributed by atoms with Gasteiger partial charge in [-0.15, -0.1) is 0 Å². The Hall–Kier alpha value is -3.61. The van der Waals surface area contributed by atoms with E-state index >= 15 is 0 Å². The molecule has 0 bridgehead atoms. The molecule has 1 aliphatic rings. The first kappa shape index (κ1) is 27.4. The molecular formula is C31H33ClN2O4. The van der Waals surface area contributed by atoms with Crippen LogP contribution in [0.25, 0.3) is 6.08 Å². The number of aliphatic hydroxyl groups is 1. The molecule has 1 amide bonds. The van der Waals surface area contributed by atoms with E-state index in [9.17, 15) is 4.79 Å². The lowest BCUT2D eigenvalue weighted by atomic mass is 9.89. The second-order valence-corrected chi connectivity index (χ2v) is 9.57. The highest BCUT2D eigenvalue weighted by molar-refractivity contribution is 6.31. The van der Waals surface area contributed by atoms with Crippen LogP contribution in [0.15, 0.2) is 89.9 Å². The first-order valence-electron chi connectivity index (χ1n) is 12.9. The number of hydrogen-bond donors (Lipinski definition) is 2. The van der Waals surface area contributed by atoms with Gasteiger partial charge in [0.25, 0.3) is 5.91 Å². The zero-order chi connectivity index (χ0) is 26.8. The highest BCUT2D eigenvalue weighted by Gasteiger charge is 2.49. The largest absolute Gasteiger partial charge is 0.494 e. The highest BCUT2D eigenvalue weighted by Crippen LogP contribution is 2.33. The Morgan fingerprint density at radius 3 is 2.58 bits per heavy atom. The molecule has 0 saturated heterocycles. The van der Waals surface area contributed by atoms with Crippen molar-refractivity contribution in [2.75, 3.05) is 19.8 Å². The number of rotatable bonds is 12. The molecule has 3 aromatic rings. The van der Waals surface area contributed by atoms with E-state index in [-0.39, 0.29) is 12.5 Å². The maximum absolute atomic E-state index is 13.7. The Labute approximate surface area is 229 Å². The van der Waals surface area contributed by atoms with Crippen LogP contribution in [-0.2, 0) is 16.0 Å². The van der Waals surface area contributed by atoms with Crippen molar-refractivity contribution in [3.8, 4) is 5.75 Å². The lowest BCUT2D eigenvalue weighted by Gasteiger charge is -2.27. The molecule has 4 rings (SSSR count). The predicted octanol–water partition coefficient (Wildman–Crippen LogP) is 5.47. The van der Waals surface area contributed by atoms with Crippen molar-refractivity contribution >= 4 is 29.5 Å². The molecule has 0 unspecified atom stereocenters. The number of carbonyl (C=O) groups excluding carboxylic acids is 1. The number of carbonyl (C=O) groups is 1. The maximum Gasteiger partial charge on any atom is 0.252 e. The predicted molar refractivity (Wildman–Crippen MR) is 152 cm³/mol. The van der Waals surface area contributed by atoms with Crippen LogP contribution in [0.3, 0.4) is 0 Å². The average molecular weight is 533 g/mol. The second kappa shape index (κ2) is 13.3. The van der Waals surface area contributed by atoms with E-state index in [4.69, 9.17) is 31.2 Å². The number of nitrogens with one attached hydrogen (secondary N) is 1. The van der Waals surface area contributed by atoms with Crippen molar-refractivity contribution in [3.63, 3.8) is 0 Å². The number of aliphatic imine (C=N–C) groups is 1. The molecule has 0 aliphatic carbocycles. The van der Waals surface area contributed by atoms with Crippen molar-refractivity contribution in [1.29, 1.82) is 0 Å². The maximum atomic E-state index is 13.7. The average Bonchev–Trinajstić information content (AvgIpc) is 3.28. The van der Waals surface area contributed by atoms with Gasteiger partial charge in [-0.05, 0) is 54.8 Å². The van der Waals surface area contributed by atoms with Gasteiger partial charge in [-0.2, -0.15) is 0 Å². The Balaban J connectivity index is 1.53. The molecule has 3 aromatic carbocycles. The van der Waals surface area contributed by atoms with Crippen LogP contribution >= 0.6 is 11.6 Å². The summed E-state index contributed by atoms with van der Waals surface area (Å²) in [4.78, 5) is 18.5. The minimum absolute atomic E-state index is 0.0852. The van der Waals surface area contributed by atoms with Crippen LogP contribution in [0, 0.1) is 0 Å². The fourth-order valence-corrected chi connectivity index (χ4v) is 4.52. The summed E-state index contributed by atoms with van der Waals surface area (Å²) in [5.41, 5.74) is 1.68. The topological polar surface area (TPSA) is 80.2 Å². The van der Waals surface area contributed by atoms with Gasteiger partial charge in [0.15, 0.2) is 5.54 Å². The molecule has 198 valence electrons. The summed E-state index contributed by atoms with van der Waals surface area (Å²) >= 11 is 6.29. The van der Waals surface area contributed by atoms with Gasteiger partial charge < -0.3 is 19.9 Å². The van der Waals surface area contributed by atoms with Crippen molar-refractivity contribution in [2.24, 2.45) is 4.99 Å². The number of aliphatic hydroxyl groups excluding tert-OH is 1. The third-order valence-corrected chi connectivity index (χ3v) is 6.87. The first-order chi connectivity index (χ1) is 18.5. The number of halogens is 1. The molecule has 38 heavy (non-hydrogen) atoms. The van der Waals surface area contributed by atoms with E-state index in [2.05, 4.69) is 5.32 Å². The zero-order valence-electron chi connectivity index (χ0n) is 21.5. The van der Waals surface area contributed by atoms with Crippen molar-refractivity contribution in [2.45, 2.75) is 37.8 Å². The van der Waals surface area contributed by atoms with Gasteiger partial charge in [-0.25, -0.2) is 4.99 Å². The Morgan fingerprint density at radius 1 is 1.11 bits per heavy atom. The minimum atomic E-state index is -1.11. The fraction of sp³-hybridized carbons (Fsp3) is 0.290. The molecule has 6 nitrogen and oxygen atoms in total. The van der Waals surface area contributed by atoms with Crippen LogP contribution < -0.4 is 10.1 Å². The van der Waals surface area contributed by atoms with E-state index in [0.717, 1.165) is 16.7 Å². The zero-order valence-corrected chi connectivity index (χ0v) is 22.2. The number of hydrogen-bond acceptors (Lipinski definition) is 5. The van der Waals surface area contributed by atoms with Gasteiger partial charge in [-0.1, -0.05) is 72.3 Å². The summed E-state index contributed by atoms with van der Waals surface area (Å²) in [5, 5.41) is 12.7. The molecule has 2 atom stereocenters. The lowest BCUT2D eigenvalue weighted by Crippen LogP contribution is -2.51. The van der Waals surface area contributed by atoms with Crippen molar-refractivity contribution < 1.29 is 19.4 Å². The molecule has 0 aromatic heterocycles. The van der Waals surface area contributed by atoms with Crippen molar-refractivity contribution in [3.05, 3.63) is 107 Å². The van der Waals surface area contributed by atoms with Gasteiger partial charge in [-0.3, -0.25) is 4.79 Å². The second-order valence-electron chi connectivity index (χ2n) is 9.17. The summed E-state index contributed by atoms with van der Waals surface area (Å²) in [7, 11) is 0. The fourth-order valence-electron chi connectivity index (χ4n) is 4.29. The number of benzene rings is 3. The molecule has 7 heteroatoms. The van der Waals surface area contributed by atoms with Crippen LogP contribution in [0.2, 0.25) is 5.02 Å². The molecule has 0 radical (unpaired) electrons. The SMILES string of the molecule is C[C@H]1OC(c2ccc(OCCCO)cc2)=N[C@@]1(C/C=C/c1ccccc1)C(=O)NCCc1ccccc1Cl. The van der Waals surface area contributed by atoms with Gasteiger partial charge in [0.2, 0.25) is 5.90 Å². The number of amides is 1. The molecule has 0 spiro atoms. The van der Waals surface area contributed by atoms with E-state index in [1.54, 1.807) is 0 Å². The van der Waals surface area contributed by atoms with Gasteiger partial charge in [0, 0.05) is 36.6 Å². The molecular weight excluding hydrogens is 500 g/mol. The number of ether oxygens (including phenoxy) is 2. The van der Waals surface area contributed by atoms with Crippen LogP contribution in [0.5, 0.6) is 5.75 Å². The summed E-state index contributed by atoms with van der Waals surface area (Å²) in [6.07, 6.45) is 5.07. The third kappa shape index (κ3) is 6.82. The first-order valence-corrected chi connectivity index (χ1v) is 13.2. The van der Waals surface area contributed by atoms with Crippen LogP contribution in [0.1, 0.15) is 36.5 Å². The lowest BCUT2D eigenvalue weighted by molar-refractivity contribution is -0.128. The molecule has 1 heterocycles. The summed E-state index contributed by atoms with van der Waals surface area (Å²) in [5.74, 6) is 0.936. The summed E-state index contributed by atoms with van der Waals surface area (Å²) < 4.78 is 11.8. The third-order valence-electron chi connectivity index (χ3n) is 6.50. The van der Waals surface area contributed by atoms with E-state index in [1.165, 1.54) is 0 Å². The monoisotopic (exact) mass is 532 g/mol. The van der Waals surface area contributed by atoms with E-state index < -0.39 is 11.6 Å².